The number of nitrogens with one attached hydrogen (secondary N) is 1. The number of carbonyl (C=O) groups excluding carboxylic acids is 1. The van der Waals surface area contributed by atoms with Crippen LogP contribution >= 0.6 is 0 Å². The quantitative estimate of drug-likeness (QED) is 0.446. The minimum absolute atomic E-state index is 0.0177. The van der Waals surface area contributed by atoms with Gasteiger partial charge in [-0.1, -0.05) is 76.8 Å². The molecule has 2 rings (SSSR count). The standard InChI is InChI=1S/C23H33NO2/c1-2-3-4-5-6-7-8-9-10-11-16-24-23(26)21-13-12-20-18-22(25)15-14-19(20)17-21/h12-15,17-18,25H,2-11,16H2,1H3,(H,24,26). The summed E-state index contributed by atoms with van der Waals surface area (Å²) in [5.74, 6) is 0.228. The fourth-order valence-corrected chi connectivity index (χ4v) is 3.29. The monoisotopic (exact) mass is 355 g/mol. The van der Waals surface area contributed by atoms with E-state index < -0.39 is 0 Å². The number of benzene rings is 2. The third-order valence-corrected chi connectivity index (χ3v) is 4.90. The highest BCUT2D eigenvalue weighted by molar-refractivity contribution is 5.98. The molecule has 0 heterocycles. The van der Waals surface area contributed by atoms with E-state index in [1.54, 1.807) is 12.1 Å². The molecule has 26 heavy (non-hydrogen) atoms. The molecular weight excluding hydrogens is 322 g/mol. The smallest absolute Gasteiger partial charge is 0.251 e. The summed E-state index contributed by atoms with van der Waals surface area (Å²) in [5.41, 5.74) is 0.676. The molecular formula is C23H33NO2. The molecule has 0 radical (unpaired) electrons. The lowest BCUT2D eigenvalue weighted by atomic mass is 10.1. The first-order valence-corrected chi connectivity index (χ1v) is 10.2. The Bertz CT molecular complexity index is 681. The second kappa shape index (κ2) is 11.6. The van der Waals surface area contributed by atoms with Crippen molar-refractivity contribution in [3.63, 3.8) is 0 Å². The molecule has 0 aromatic heterocycles. The highest BCUT2D eigenvalue weighted by Gasteiger charge is 2.06. The van der Waals surface area contributed by atoms with Crippen LogP contribution in [0.1, 0.15) is 81.5 Å². The van der Waals surface area contributed by atoms with E-state index >= 15 is 0 Å². The number of amides is 1. The molecule has 1 amide bonds. The number of hydrogen-bond acceptors (Lipinski definition) is 2. The van der Waals surface area contributed by atoms with Crippen molar-refractivity contribution < 1.29 is 9.90 Å². The van der Waals surface area contributed by atoms with E-state index in [1.807, 2.05) is 24.3 Å². The maximum atomic E-state index is 12.3. The third kappa shape index (κ3) is 7.07. The molecule has 0 spiro atoms. The van der Waals surface area contributed by atoms with Gasteiger partial charge in [-0.25, -0.2) is 0 Å². The second-order valence-electron chi connectivity index (χ2n) is 7.18. The van der Waals surface area contributed by atoms with E-state index in [0.717, 1.165) is 23.7 Å². The van der Waals surface area contributed by atoms with Crippen LogP contribution in [0.3, 0.4) is 0 Å². The van der Waals surface area contributed by atoms with E-state index in [-0.39, 0.29) is 11.7 Å². The van der Waals surface area contributed by atoms with Crippen LogP contribution < -0.4 is 5.32 Å². The first-order valence-electron chi connectivity index (χ1n) is 10.2. The van der Waals surface area contributed by atoms with Gasteiger partial charge in [0.15, 0.2) is 0 Å². The van der Waals surface area contributed by atoms with Gasteiger partial charge >= 0.3 is 0 Å². The number of unbranched alkanes of at least 4 members (excludes halogenated alkanes) is 9. The van der Waals surface area contributed by atoms with Gasteiger partial charge < -0.3 is 10.4 Å². The van der Waals surface area contributed by atoms with Gasteiger partial charge in [0.1, 0.15) is 5.75 Å². The van der Waals surface area contributed by atoms with Crippen LogP contribution in [-0.2, 0) is 0 Å². The minimum Gasteiger partial charge on any atom is -0.508 e. The fraction of sp³-hybridized carbons (Fsp3) is 0.522. The normalized spacial score (nSPS) is 11.0. The van der Waals surface area contributed by atoms with Crippen molar-refractivity contribution in [2.75, 3.05) is 6.54 Å². The van der Waals surface area contributed by atoms with Crippen LogP contribution in [0, 0.1) is 0 Å². The molecule has 0 bridgehead atoms. The third-order valence-electron chi connectivity index (χ3n) is 4.90. The molecule has 0 aliphatic rings. The van der Waals surface area contributed by atoms with Gasteiger partial charge in [-0.3, -0.25) is 4.79 Å². The molecule has 2 aromatic carbocycles. The van der Waals surface area contributed by atoms with Crippen molar-refractivity contribution in [2.45, 2.75) is 71.1 Å². The summed E-state index contributed by atoms with van der Waals surface area (Å²) in [6.07, 6.45) is 13.0. The van der Waals surface area contributed by atoms with Crippen LogP contribution in [0.5, 0.6) is 5.75 Å². The number of carbonyl (C=O) groups is 1. The number of hydrogen-bond donors (Lipinski definition) is 2. The van der Waals surface area contributed by atoms with Gasteiger partial charge in [-0.2, -0.15) is 0 Å². The zero-order valence-corrected chi connectivity index (χ0v) is 16.1. The Morgan fingerprint density at radius 2 is 1.38 bits per heavy atom. The average molecular weight is 356 g/mol. The van der Waals surface area contributed by atoms with E-state index in [1.165, 1.54) is 57.8 Å². The zero-order valence-electron chi connectivity index (χ0n) is 16.1. The van der Waals surface area contributed by atoms with E-state index in [9.17, 15) is 9.90 Å². The molecule has 0 saturated heterocycles. The number of rotatable bonds is 12. The summed E-state index contributed by atoms with van der Waals surface area (Å²) < 4.78 is 0. The first kappa shape index (κ1) is 20.3. The fourth-order valence-electron chi connectivity index (χ4n) is 3.29. The summed E-state index contributed by atoms with van der Waals surface area (Å²) in [6, 6.07) is 10.8. The zero-order chi connectivity index (χ0) is 18.6. The second-order valence-corrected chi connectivity index (χ2v) is 7.18. The Labute approximate surface area is 157 Å². The summed E-state index contributed by atoms with van der Waals surface area (Å²) in [7, 11) is 0. The van der Waals surface area contributed by atoms with Crippen LogP contribution in [0.2, 0.25) is 0 Å². The Morgan fingerprint density at radius 1 is 0.808 bits per heavy atom. The van der Waals surface area contributed by atoms with Crippen molar-refractivity contribution in [1.29, 1.82) is 0 Å². The molecule has 142 valence electrons. The maximum Gasteiger partial charge on any atom is 0.251 e. The van der Waals surface area contributed by atoms with Gasteiger partial charge in [-0.15, -0.1) is 0 Å². The minimum atomic E-state index is -0.0177. The Hall–Kier alpha value is -2.03. The highest BCUT2D eigenvalue weighted by atomic mass is 16.3. The van der Waals surface area contributed by atoms with E-state index in [0.29, 0.717) is 5.56 Å². The van der Waals surface area contributed by atoms with Crippen LogP contribution in [0.25, 0.3) is 10.8 Å². The van der Waals surface area contributed by atoms with Gasteiger partial charge in [0.05, 0.1) is 0 Å². The van der Waals surface area contributed by atoms with Crippen molar-refractivity contribution in [2.24, 2.45) is 0 Å². The summed E-state index contributed by atoms with van der Waals surface area (Å²) in [4.78, 5) is 12.3. The summed E-state index contributed by atoms with van der Waals surface area (Å²) in [6.45, 7) is 2.99. The predicted octanol–water partition coefficient (Wildman–Crippen LogP) is 6.20. The van der Waals surface area contributed by atoms with Crippen LogP contribution in [-0.4, -0.2) is 17.6 Å². The SMILES string of the molecule is CCCCCCCCCCCCNC(=O)c1ccc2cc(O)ccc2c1. The number of phenolic OH excluding ortho intramolecular Hbond substituents is 1. The topological polar surface area (TPSA) is 49.3 Å². The number of fused-ring (bicyclic) bond motifs is 1. The Balaban J connectivity index is 1.58. The maximum absolute atomic E-state index is 12.3. The largest absolute Gasteiger partial charge is 0.508 e. The van der Waals surface area contributed by atoms with Crippen molar-refractivity contribution in [3.8, 4) is 5.75 Å². The molecule has 2 N–H and O–H groups in total. The molecule has 3 nitrogen and oxygen atoms in total. The Morgan fingerprint density at radius 3 is 2.08 bits per heavy atom. The van der Waals surface area contributed by atoms with Gasteiger partial charge in [-0.05, 0) is 41.5 Å². The Kier molecular flexibility index (Phi) is 9.02. The van der Waals surface area contributed by atoms with E-state index in [2.05, 4.69) is 12.2 Å². The van der Waals surface area contributed by atoms with Crippen LogP contribution in [0.4, 0.5) is 0 Å². The van der Waals surface area contributed by atoms with Gasteiger partial charge in [0.25, 0.3) is 5.91 Å². The molecule has 0 unspecified atom stereocenters. The molecule has 2 aromatic rings. The van der Waals surface area contributed by atoms with E-state index in [4.69, 9.17) is 0 Å². The summed E-state index contributed by atoms with van der Waals surface area (Å²) in [5, 5.41) is 14.4. The molecule has 0 fully saturated rings. The van der Waals surface area contributed by atoms with Crippen molar-refractivity contribution in [3.05, 3.63) is 42.0 Å². The van der Waals surface area contributed by atoms with Crippen LogP contribution in [0.15, 0.2) is 36.4 Å². The molecule has 0 atom stereocenters. The van der Waals surface area contributed by atoms with Gasteiger partial charge in [0.2, 0.25) is 0 Å². The molecule has 0 saturated carbocycles. The van der Waals surface area contributed by atoms with Crippen molar-refractivity contribution >= 4 is 16.7 Å². The average Bonchev–Trinajstić information content (AvgIpc) is 2.65. The lowest BCUT2D eigenvalue weighted by Gasteiger charge is -2.07. The lowest BCUT2D eigenvalue weighted by Crippen LogP contribution is -2.24. The molecule has 0 aliphatic heterocycles. The lowest BCUT2D eigenvalue weighted by molar-refractivity contribution is 0.0953. The predicted molar refractivity (Wildman–Crippen MR) is 110 cm³/mol. The number of aromatic hydroxyl groups is 1. The molecule has 3 heteroatoms. The van der Waals surface area contributed by atoms with Gasteiger partial charge in [0, 0.05) is 12.1 Å². The highest BCUT2D eigenvalue weighted by Crippen LogP contribution is 2.21. The van der Waals surface area contributed by atoms with Crippen molar-refractivity contribution in [1.82, 2.24) is 5.32 Å². The first-order chi connectivity index (χ1) is 12.7. The number of phenols is 1. The summed E-state index contributed by atoms with van der Waals surface area (Å²) >= 11 is 0. The molecule has 0 aliphatic carbocycles.